The fraction of sp³-hybridized carbons (Fsp3) is 0.250. The zero-order valence-electron chi connectivity index (χ0n) is 94.6. The van der Waals surface area contributed by atoms with Crippen LogP contribution in [0.5, 0.6) is 0 Å². The van der Waals surface area contributed by atoms with E-state index in [-0.39, 0.29) is 0 Å². The fourth-order valence-corrected chi connectivity index (χ4v) is 16.7. The van der Waals surface area contributed by atoms with Crippen LogP contribution in [0.15, 0.2) is 364 Å². The molecule has 0 saturated carbocycles. The summed E-state index contributed by atoms with van der Waals surface area (Å²) in [5, 5.41) is 0. The lowest BCUT2D eigenvalue weighted by Gasteiger charge is -2.09. The van der Waals surface area contributed by atoms with Crippen LogP contribution in [0, 0.1) is 249 Å². The minimum absolute atomic E-state index is 1.30. The van der Waals surface area contributed by atoms with Gasteiger partial charge in [-0.15, -0.1) is 0 Å². The molecule has 0 aliphatic rings. The van der Waals surface area contributed by atoms with Crippen molar-refractivity contribution < 1.29 is 0 Å². The number of rotatable bonds is 6. The first kappa shape index (κ1) is 117. The molecule has 0 heterocycles. The van der Waals surface area contributed by atoms with E-state index in [9.17, 15) is 0 Å². The van der Waals surface area contributed by atoms with Gasteiger partial charge >= 0.3 is 0 Å². The van der Waals surface area contributed by atoms with Crippen molar-refractivity contribution in [3.63, 3.8) is 0 Å². The van der Waals surface area contributed by atoms with E-state index < -0.39 is 0 Å². The molecule has 0 aliphatic heterocycles. The Morgan fingerprint density at radius 2 is 0.312 bits per heavy atom. The summed E-state index contributed by atoms with van der Waals surface area (Å²) in [6.07, 6.45) is 0. The maximum Gasteiger partial charge on any atom is -0.0125 e. The Labute approximate surface area is 874 Å². The van der Waals surface area contributed by atoms with E-state index in [4.69, 9.17) is 0 Å². The maximum atomic E-state index is 2.25. The van der Waals surface area contributed by atoms with E-state index in [1.54, 1.807) is 0 Å². The molecule has 0 aliphatic carbocycles. The Balaban J connectivity index is 0.000000215. The van der Waals surface area contributed by atoms with Gasteiger partial charge in [-0.05, 0) is 427 Å². The van der Waals surface area contributed by atoms with Crippen molar-refractivity contribution in [3.05, 3.63) is 564 Å². The highest BCUT2D eigenvalue weighted by Crippen LogP contribution is 2.32. The zero-order valence-corrected chi connectivity index (χ0v) is 94.6. The molecular weight excluding hydrogens is 1730 g/mol. The van der Waals surface area contributed by atoms with Gasteiger partial charge in [-0.25, -0.2) is 0 Å². The van der Waals surface area contributed by atoms with E-state index in [1.165, 1.54) is 267 Å². The Morgan fingerprint density at radius 3 is 0.618 bits per heavy atom. The highest BCUT2D eigenvalue weighted by Gasteiger charge is 2.10. The van der Waals surface area contributed by atoms with Crippen molar-refractivity contribution in [2.75, 3.05) is 0 Å². The van der Waals surface area contributed by atoms with Crippen molar-refractivity contribution in [3.8, 4) is 66.8 Å². The largest absolute Gasteiger partial charge is 0.0617 e. The summed E-state index contributed by atoms with van der Waals surface area (Å²) in [7, 11) is 0. The van der Waals surface area contributed by atoms with Crippen LogP contribution in [-0.4, -0.2) is 0 Å². The fourth-order valence-electron chi connectivity index (χ4n) is 16.7. The maximum absolute atomic E-state index is 2.25. The van der Waals surface area contributed by atoms with Crippen LogP contribution in [0.25, 0.3) is 66.8 Å². The Hall–Kier alpha value is -14.0. The molecule has 0 bridgehead atoms. The molecule has 0 saturated heterocycles. The molecule has 744 valence electrons. The molecule has 0 radical (unpaired) electrons. The minimum Gasteiger partial charge on any atom is -0.0617 e. The van der Waals surface area contributed by atoms with Gasteiger partial charge in [0.05, 0.1) is 0 Å². The molecule has 0 unspecified atom stereocenters. The quantitative estimate of drug-likeness (QED) is 0.156. The van der Waals surface area contributed by atoms with Crippen LogP contribution >= 0.6 is 0 Å². The zero-order chi connectivity index (χ0) is 106. The molecule has 0 nitrogen and oxygen atoms in total. The summed E-state index contributed by atoms with van der Waals surface area (Å²) in [4.78, 5) is 0. The smallest absolute Gasteiger partial charge is 0.0125 e. The van der Waals surface area contributed by atoms with Gasteiger partial charge in [0.2, 0.25) is 0 Å². The molecule has 18 aromatic rings. The lowest BCUT2D eigenvalue weighted by atomic mass is 9.95. The third kappa shape index (κ3) is 39.7. The summed E-state index contributed by atoms with van der Waals surface area (Å²) in [6, 6.07) is 130. The standard InChI is InChI=1S/6C15H16.6C9H12/c1-11-5-8-14(9-6-11)15-10-12(2)4-7-13(15)3;1-11-4-7-14(8-5-11)15-9-6-12(2)13(3)10-15;1-11-4-7-14(8-5-11)15-9-6-12(2)10-13(15)3;1-11-4-6-14(7-5-11)15-9-12(2)8-13(3)10-15;1-11-7-9-14(10-8-11)15-6-4-5-12(2)13(15)3;1-11-7-9-14(10-8-11)15-12(2)5-4-6-13(15)3;1-7-4-8(2)6-9(3)5-7;3*1-7-4-5-8(2)9(3)6-7;2*1-7-5-4-6-8(2)9(7)3/h6*4-10H,1-3H3;6*4-6H,1-3H3. The Bertz CT molecular complexity index is 6720. The molecule has 0 aromatic heterocycles. The van der Waals surface area contributed by atoms with Crippen molar-refractivity contribution in [2.24, 2.45) is 0 Å². The van der Waals surface area contributed by atoms with E-state index >= 15 is 0 Å². The van der Waals surface area contributed by atoms with Gasteiger partial charge in [0.1, 0.15) is 0 Å². The predicted molar refractivity (Wildman–Crippen MR) is 640 cm³/mol. The van der Waals surface area contributed by atoms with Crippen LogP contribution in [0.3, 0.4) is 0 Å². The summed E-state index contributed by atoms with van der Waals surface area (Å²) in [6.45, 7) is 77.0. The SMILES string of the molecule is Cc1cc(C)cc(C)c1.Cc1ccc(-c2c(C)cccc2C)cc1.Cc1ccc(-c2cc(C)cc(C)c2)cc1.Cc1ccc(-c2cc(C)ccc2C)cc1.Cc1ccc(-c2ccc(C)c(C)c2)cc1.Cc1ccc(-c2ccc(C)cc2C)cc1.Cc1ccc(-c2cccc(C)c2C)cc1.Cc1ccc(C)c(C)c1.Cc1ccc(C)c(C)c1.Cc1ccc(C)c(C)c1.Cc1cccc(C)c1C.Cc1cccc(C)c1C. The topological polar surface area (TPSA) is 0 Å². The summed E-state index contributed by atoms with van der Waals surface area (Å²) < 4.78 is 0. The van der Waals surface area contributed by atoms with Crippen LogP contribution in [0.4, 0.5) is 0 Å². The average Bonchev–Trinajstić information content (AvgIpc) is 0.800. The van der Waals surface area contributed by atoms with Crippen LogP contribution in [0.2, 0.25) is 0 Å². The molecule has 18 rings (SSSR count). The van der Waals surface area contributed by atoms with Gasteiger partial charge in [-0.2, -0.15) is 0 Å². The van der Waals surface area contributed by atoms with Crippen molar-refractivity contribution in [1.29, 1.82) is 0 Å². The van der Waals surface area contributed by atoms with Gasteiger partial charge in [0, 0.05) is 0 Å². The second-order valence-corrected chi connectivity index (χ2v) is 40.5. The van der Waals surface area contributed by atoms with Crippen molar-refractivity contribution in [2.45, 2.75) is 249 Å². The second-order valence-electron chi connectivity index (χ2n) is 40.5. The van der Waals surface area contributed by atoms with Crippen molar-refractivity contribution >= 4 is 0 Å². The minimum atomic E-state index is 1.30. The molecular formula is C144H168. The average molecular weight is 1900 g/mol. The normalized spacial score (nSPS) is 10.1. The molecule has 0 amide bonds. The van der Waals surface area contributed by atoms with Gasteiger partial charge in [-0.3, -0.25) is 0 Å². The van der Waals surface area contributed by atoms with Gasteiger partial charge < -0.3 is 0 Å². The first-order chi connectivity index (χ1) is 68.2. The molecule has 0 atom stereocenters. The molecule has 0 fully saturated rings. The Morgan fingerprint density at radius 1 is 0.0903 bits per heavy atom. The summed E-state index contributed by atoms with van der Waals surface area (Å²) in [5.74, 6) is 0. The Kier molecular flexibility index (Phi) is 47.5. The predicted octanol–water partition coefficient (Wildman–Crippen LogP) is 41.3. The van der Waals surface area contributed by atoms with Crippen LogP contribution < -0.4 is 0 Å². The molecule has 0 spiro atoms. The number of hydrogen-bond donors (Lipinski definition) is 0. The van der Waals surface area contributed by atoms with Gasteiger partial charge in [-0.1, -0.05) is 453 Å². The molecule has 144 heavy (non-hydrogen) atoms. The highest BCUT2D eigenvalue weighted by molar-refractivity contribution is 5.73. The molecule has 0 N–H and O–H groups in total. The number of hydrogen-bond acceptors (Lipinski definition) is 0. The van der Waals surface area contributed by atoms with E-state index in [0.717, 1.165) is 0 Å². The monoisotopic (exact) mass is 1900 g/mol. The molecule has 0 heteroatoms. The second kappa shape index (κ2) is 58.5. The van der Waals surface area contributed by atoms with Crippen molar-refractivity contribution in [1.82, 2.24) is 0 Å². The number of aryl methyl sites for hydroxylation is 33. The summed E-state index contributed by atoms with van der Waals surface area (Å²) >= 11 is 0. The molecule has 18 aromatic carbocycles. The van der Waals surface area contributed by atoms with Crippen LogP contribution in [0.1, 0.15) is 200 Å². The van der Waals surface area contributed by atoms with E-state index in [2.05, 4.69) is 613 Å². The van der Waals surface area contributed by atoms with E-state index in [1.807, 2.05) is 0 Å². The first-order valence-corrected chi connectivity index (χ1v) is 51.3. The van der Waals surface area contributed by atoms with Crippen LogP contribution in [-0.2, 0) is 0 Å². The lowest BCUT2D eigenvalue weighted by molar-refractivity contribution is 1.27. The number of benzene rings is 18. The third-order valence-corrected chi connectivity index (χ3v) is 26.9. The lowest BCUT2D eigenvalue weighted by Crippen LogP contribution is -1.87. The highest BCUT2D eigenvalue weighted by atomic mass is 14.1. The summed E-state index contributed by atoms with van der Waals surface area (Å²) in [5.41, 5.74) is 64.5. The third-order valence-electron chi connectivity index (χ3n) is 26.9. The van der Waals surface area contributed by atoms with Gasteiger partial charge in [0.25, 0.3) is 0 Å². The van der Waals surface area contributed by atoms with Gasteiger partial charge in [0.15, 0.2) is 0 Å². The van der Waals surface area contributed by atoms with E-state index in [0.29, 0.717) is 0 Å². The first-order valence-electron chi connectivity index (χ1n) is 51.3.